The molecule has 1 aromatic rings. The van der Waals surface area contributed by atoms with Crippen LogP contribution in [0.2, 0.25) is 0 Å². The summed E-state index contributed by atoms with van der Waals surface area (Å²) in [5.74, 6) is 3.72. The minimum atomic E-state index is 0.0430. The van der Waals surface area contributed by atoms with E-state index in [2.05, 4.69) is 24.3 Å². The summed E-state index contributed by atoms with van der Waals surface area (Å²) < 4.78 is 22.5. The van der Waals surface area contributed by atoms with Crippen molar-refractivity contribution in [3.8, 4) is 5.75 Å². The van der Waals surface area contributed by atoms with E-state index in [0.29, 0.717) is 12.5 Å². The number of halogens is 1. The first kappa shape index (κ1) is 18.5. The SMILES string of the molecule is COC1=CC2C=C(c3cc(C)c(OCCCl)c(C)c3)OC=C2C(OC)=C1. The second-order valence-corrected chi connectivity index (χ2v) is 6.59. The van der Waals surface area contributed by atoms with Gasteiger partial charge in [-0.25, -0.2) is 0 Å². The molecule has 0 radical (unpaired) electrons. The molecule has 0 saturated carbocycles. The third kappa shape index (κ3) is 3.61. The molecule has 0 amide bonds. The molecule has 0 N–H and O–H groups in total. The molecule has 1 atom stereocenters. The van der Waals surface area contributed by atoms with Gasteiger partial charge in [-0.3, -0.25) is 0 Å². The molecule has 2 aliphatic rings. The lowest BCUT2D eigenvalue weighted by molar-refractivity contribution is 0.266. The largest absolute Gasteiger partial charge is 0.497 e. The van der Waals surface area contributed by atoms with Crippen molar-refractivity contribution in [1.82, 2.24) is 0 Å². The van der Waals surface area contributed by atoms with E-state index in [1.165, 1.54) is 0 Å². The summed E-state index contributed by atoms with van der Waals surface area (Å²) in [6, 6.07) is 4.14. The fourth-order valence-electron chi connectivity index (χ4n) is 3.22. The number of benzene rings is 1. The zero-order chi connectivity index (χ0) is 18.7. The van der Waals surface area contributed by atoms with Gasteiger partial charge in [0.1, 0.15) is 29.6 Å². The lowest BCUT2D eigenvalue weighted by Crippen LogP contribution is -2.14. The zero-order valence-electron chi connectivity index (χ0n) is 15.5. The van der Waals surface area contributed by atoms with E-state index in [1.54, 1.807) is 20.5 Å². The van der Waals surface area contributed by atoms with Gasteiger partial charge >= 0.3 is 0 Å². The molecular weight excluding hydrogens is 352 g/mol. The van der Waals surface area contributed by atoms with Gasteiger partial charge in [0.2, 0.25) is 0 Å². The molecule has 1 heterocycles. The molecule has 0 aromatic heterocycles. The molecule has 4 nitrogen and oxygen atoms in total. The topological polar surface area (TPSA) is 36.9 Å². The highest BCUT2D eigenvalue weighted by atomic mass is 35.5. The third-order valence-corrected chi connectivity index (χ3v) is 4.58. The zero-order valence-corrected chi connectivity index (χ0v) is 16.2. The number of ether oxygens (including phenoxy) is 4. The monoisotopic (exact) mass is 374 g/mol. The molecule has 0 spiro atoms. The van der Waals surface area contributed by atoms with Crippen LogP contribution in [-0.4, -0.2) is 26.7 Å². The van der Waals surface area contributed by atoms with E-state index < -0.39 is 0 Å². The third-order valence-electron chi connectivity index (χ3n) is 4.43. The van der Waals surface area contributed by atoms with Gasteiger partial charge in [-0.2, -0.15) is 0 Å². The van der Waals surface area contributed by atoms with Crippen molar-refractivity contribution >= 4 is 17.4 Å². The van der Waals surface area contributed by atoms with Gasteiger partial charge in [0.05, 0.1) is 26.4 Å². The first-order chi connectivity index (χ1) is 12.6. The van der Waals surface area contributed by atoms with Crippen LogP contribution in [0.25, 0.3) is 5.76 Å². The van der Waals surface area contributed by atoms with Crippen LogP contribution in [0.3, 0.4) is 0 Å². The van der Waals surface area contributed by atoms with Gasteiger partial charge in [0.25, 0.3) is 0 Å². The highest BCUT2D eigenvalue weighted by Gasteiger charge is 2.26. The summed E-state index contributed by atoms with van der Waals surface area (Å²) in [6.07, 6.45) is 7.74. The van der Waals surface area contributed by atoms with Crippen LogP contribution < -0.4 is 4.74 Å². The van der Waals surface area contributed by atoms with Crippen LogP contribution in [0, 0.1) is 19.8 Å². The average Bonchev–Trinajstić information content (AvgIpc) is 2.65. The quantitative estimate of drug-likeness (QED) is 0.666. The van der Waals surface area contributed by atoms with Crippen LogP contribution >= 0.6 is 11.6 Å². The van der Waals surface area contributed by atoms with Crippen molar-refractivity contribution in [1.29, 1.82) is 0 Å². The number of hydrogen-bond acceptors (Lipinski definition) is 4. The minimum absolute atomic E-state index is 0.0430. The number of hydrogen-bond donors (Lipinski definition) is 0. The Bertz CT molecular complexity index is 794. The molecule has 138 valence electrons. The molecule has 1 unspecified atom stereocenters. The van der Waals surface area contributed by atoms with Crippen molar-refractivity contribution in [3.63, 3.8) is 0 Å². The number of alkyl halides is 1. The fourth-order valence-corrected chi connectivity index (χ4v) is 3.30. The fraction of sp³-hybridized carbons (Fsp3) is 0.333. The lowest BCUT2D eigenvalue weighted by Gasteiger charge is -2.26. The van der Waals surface area contributed by atoms with Crippen molar-refractivity contribution < 1.29 is 18.9 Å². The van der Waals surface area contributed by atoms with Crippen LogP contribution in [0.1, 0.15) is 16.7 Å². The molecule has 5 heteroatoms. The van der Waals surface area contributed by atoms with Crippen molar-refractivity contribution in [2.24, 2.45) is 5.92 Å². The Hall–Kier alpha value is -2.33. The van der Waals surface area contributed by atoms with E-state index in [0.717, 1.165) is 45.3 Å². The Morgan fingerprint density at radius 3 is 2.42 bits per heavy atom. The summed E-state index contributed by atoms with van der Waals surface area (Å²) in [6.45, 7) is 4.55. The van der Waals surface area contributed by atoms with E-state index in [9.17, 15) is 0 Å². The maximum absolute atomic E-state index is 5.91. The van der Waals surface area contributed by atoms with Gasteiger partial charge in [-0.05, 0) is 49.3 Å². The summed E-state index contributed by atoms with van der Waals surface area (Å²) in [4.78, 5) is 0. The van der Waals surface area contributed by atoms with Crippen LogP contribution in [0.15, 0.2) is 53.7 Å². The van der Waals surface area contributed by atoms with E-state index in [-0.39, 0.29) is 5.92 Å². The Morgan fingerprint density at radius 1 is 1.08 bits per heavy atom. The lowest BCUT2D eigenvalue weighted by atomic mass is 9.90. The maximum Gasteiger partial charge on any atom is 0.130 e. The smallest absolute Gasteiger partial charge is 0.130 e. The first-order valence-corrected chi connectivity index (χ1v) is 9.01. The van der Waals surface area contributed by atoms with Gasteiger partial charge in [-0.1, -0.05) is 0 Å². The first-order valence-electron chi connectivity index (χ1n) is 8.48. The molecule has 0 bridgehead atoms. The number of allylic oxidation sites excluding steroid dienone is 4. The Kier molecular flexibility index (Phi) is 5.62. The van der Waals surface area contributed by atoms with Crippen molar-refractivity contribution in [2.45, 2.75) is 13.8 Å². The standard InChI is InChI=1S/C21H23ClO4/c1-13-7-16(8-14(2)21(13)25-6-5-22)19-10-15-9-17(23-3)11-20(24-4)18(15)12-26-19/h7-12,15H,5-6H2,1-4H3. The van der Waals surface area contributed by atoms with Gasteiger partial charge < -0.3 is 18.9 Å². The highest BCUT2D eigenvalue weighted by Crippen LogP contribution is 2.38. The van der Waals surface area contributed by atoms with E-state index in [1.807, 2.05) is 19.9 Å². The van der Waals surface area contributed by atoms with Crippen molar-refractivity contribution in [3.05, 3.63) is 70.4 Å². The normalized spacial score (nSPS) is 18.6. The second kappa shape index (κ2) is 7.92. The molecule has 0 fully saturated rings. The Labute approximate surface area is 159 Å². The summed E-state index contributed by atoms with van der Waals surface area (Å²) in [5, 5.41) is 0. The van der Waals surface area contributed by atoms with Gasteiger partial charge in [0.15, 0.2) is 0 Å². The number of fused-ring (bicyclic) bond motifs is 1. The van der Waals surface area contributed by atoms with Crippen LogP contribution in [-0.2, 0) is 14.2 Å². The summed E-state index contributed by atoms with van der Waals surface area (Å²) >= 11 is 5.73. The number of rotatable bonds is 6. The molecule has 1 aliphatic heterocycles. The second-order valence-electron chi connectivity index (χ2n) is 6.21. The predicted molar refractivity (Wildman–Crippen MR) is 103 cm³/mol. The number of methoxy groups -OCH3 is 2. The Morgan fingerprint density at radius 2 is 1.81 bits per heavy atom. The molecule has 1 aliphatic carbocycles. The Balaban J connectivity index is 1.91. The highest BCUT2D eigenvalue weighted by molar-refractivity contribution is 6.18. The summed E-state index contributed by atoms with van der Waals surface area (Å²) in [7, 11) is 3.30. The van der Waals surface area contributed by atoms with Crippen LogP contribution in [0.4, 0.5) is 0 Å². The van der Waals surface area contributed by atoms with Gasteiger partial charge in [0, 0.05) is 23.1 Å². The van der Waals surface area contributed by atoms with E-state index >= 15 is 0 Å². The average molecular weight is 375 g/mol. The molecule has 26 heavy (non-hydrogen) atoms. The predicted octanol–water partition coefficient (Wildman–Crippen LogP) is 4.87. The molecular formula is C21H23ClO4. The minimum Gasteiger partial charge on any atom is -0.497 e. The molecule has 0 saturated heterocycles. The van der Waals surface area contributed by atoms with Gasteiger partial charge in [-0.15, -0.1) is 11.6 Å². The molecule has 1 aromatic carbocycles. The van der Waals surface area contributed by atoms with E-state index in [4.69, 9.17) is 30.5 Å². The van der Waals surface area contributed by atoms with Crippen LogP contribution in [0.5, 0.6) is 5.75 Å². The van der Waals surface area contributed by atoms with Crippen molar-refractivity contribution in [2.75, 3.05) is 26.7 Å². The number of aryl methyl sites for hydroxylation is 2. The maximum atomic E-state index is 5.91. The summed E-state index contributed by atoms with van der Waals surface area (Å²) in [5.41, 5.74) is 4.10. The molecule has 3 rings (SSSR count).